The van der Waals surface area contributed by atoms with E-state index in [4.69, 9.17) is 15.1 Å². The molecule has 3 aliphatic carbocycles. The molecule has 0 aromatic heterocycles. The van der Waals surface area contributed by atoms with Crippen molar-refractivity contribution in [3.05, 3.63) is 0 Å². The number of hydrogen-bond acceptors (Lipinski definition) is 0. The molecule has 64 valence electrons. The average molecular weight is 163 g/mol. The van der Waals surface area contributed by atoms with Crippen molar-refractivity contribution in [3.8, 4) is 0 Å². The van der Waals surface area contributed by atoms with Crippen molar-refractivity contribution in [2.24, 2.45) is 23.1 Å². The van der Waals surface area contributed by atoms with E-state index in [1.807, 2.05) is 0 Å². The quantitative estimate of drug-likeness (QED) is 0.513. The summed E-state index contributed by atoms with van der Waals surface area (Å²) >= 11 is 0. The maximum atomic E-state index is 8.60. The summed E-state index contributed by atoms with van der Waals surface area (Å²) in [4.78, 5) is 0. The number of hydrogen-bond donors (Lipinski definition) is 0. The van der Waals surface area contributed by atoms with Crippen LogP contribution in [0, 0.1) is 23.1 Å². The van der Waals surface area contributed by atoms with Gasteiger partial charge in [-0.2, -0.15) is 0 Å². The van der Waals surface area contributed by atoms with E-state index >= 15 is 0 Å². The van der Waals surface area contributed by atoms with Crippen molar-refractivity contribution >= 4 is 0 Å². The summed E-state index contributed by atoms with van der Waals surface area (Å²) in [7, 11) is 0. The zero-order valence-corrected chi connectivity index (χ0v) is 7.00. The van der Waals surface area contributed by atoms with Gasteiger partial charge in [-0.1, -0.05) is 39.9 Å². The third-order valence-electron chi connectivity index (χ3n) is 1.88. The van der Waals surface area contributed by atoms with Crippen LogP contribution in [0.3, 0.4) is 0 Å². The second-order valence-electron chi connectivity index (χ2n) is 3.88. The maximum Gasteiger partial charge on any atom is 0.0314 e. The SMILES string of the molecule is [2H]C1([2H])C([2H])([2H])C2([2H])C([2H])([2H])C([2H])(C1([2H])[2H])C2([2H])C(C)(C)C. The van der Waals surface area contributed by atoms with Gasteiger partial charge in [-0.3, -0.25) is 0 Å². The van der Waals surface area contributed by atoms with Gasteiger partial charge in [0.1, 0.15) is 0 Å². The zero-order chi connectivity index (χ0) is 18.0. The lowest BCUT2D eigenvalue weighted by molar-refractivity contribution is -0.0583. The molecule has 3 rings (SSSR count). The van der Waals surface area contributed by atoms with Crippen molar-refractivity contribution < 1.29 is 15.1 Å². The third kappa shape index (κ3) is 1.11. The van der Waals surface area contributed by atoms with Gasteiger partial charge < -0.3 is 0 Å². The Hall–Kier alpha value is 0. The Bertz CT molecular complexity index is 493. The van der Waals surface area contributed by atoms with E-state index < -0.39 is 48.6 Å². The molecule has 0 nitrogen and oxygen atoms in total. The van der Waals surface area contributed by atoms with E-state index in [0.717, 1.165) is 0 Å². The predicted octanol–water partition coefficient (Wildman–Crippen LogP) is 3.47. The Kier molecular flexibility index (Phi) is 0.424. The van der Waals surface area contributed by atoms with Crippen LogP contribution in [0.25, 0.3) is 0 Å². The van der Waals surface area contributed by atoms with Crippen LogP contribution in [-0.4, -0.2) is 0 Å². The Morgan fingerprint density at radius 1 is 1.27 bits per heavy atom. The lowest BCUT2D eigenvalue weighted by Crippen LogP contribution is -2.47. The summed E-state index contributed by atoms with van der Waals surface area (Å²) in [5.74, 6) is -8.31. The molecule has 0 heterocycles. The molecular formula is C11H20. The minimum Gasteiger partial charge on any atom is -0.0599 e. The first-order chi connectivity index (χ1) is 9.25. The Labute approximate surface area is 85.8 Å². The van der Waals surface area contributed by atoms with E-state index in [1.165, 1.54) is 20.8 Å². The van der Waals surface area contributed by atoms with Gasteiger partial charge in [-0.05, 0) is 29.5 Å². The molecule has 0 aliphatic heterocycles. The zero-order valence-electron chi connectivity index (χ0n) is 18.0. The molecule has 3 fully saturated rings. The predicted molar refractivity (Wildman–Crippen MR) is 48.4 cm³/mol. The van der Waals surface area contributed by atoms with Crippen LogP contribution < -0.4 is 0 Å². The summed E-state index contributed by atoms with van der Waals surface area (Å²) in [6.07, 6.45) is -12.9. The lowest BCUT2D eigenvalue weighted by Gasteiger charge is -2.55. The molecule has 0 aromatic rings. The molecule has 3 aliphatic rings. The Balaban J connectivity index is 2.99. The third-order valence-corrected chi connectivity index (χ3v) is 1.88. The first kappa shape index (κ1) is 2.08. The van der Waals surface area contributed by atoms with Gasteiger partial charge in [0, 0.05) is 15.1 Å². The highest BCUT2D eigenvalue weighted by molar-refractivity contribution is 4.98. The van der Waals surface area contributed by atoms with Crippen molar-refractivity contribution in [1.29, 1.82) is 0 Å². The van der Waals surface area contributed by atoms with Gasteiger partial charge in [-0.15, -0.1) is 0 Å². The molecule has 0 spiro atoms. The summed E-state index contributed by atoms with van der Waals surface area (Å²) in [6.45, 7) is 4.28. The van der Waals surface area contributed by atoms with Crippen LogP contribution in [0.5, 0.6) is 0 Å². The van der Waals surface area contributed by atoms with Crippen molar-refractivity contribution in [1.82, 2.24) is 0 Å². The van der Waals surface area contributed by atoms with Crippen LogP contribution in [-0.2, 0) is 0 Å². The Morgan fingerprint density at radius 3 is 2.27 bits per heavy atom. The molecule has 0 amide bonds. The van der Waals surface area contributed by atoms with Crippen LogP contribution in [0.2, 0.25) is 0 Å². The van der Waals surface area contributed by atoms with E-state index in [2.05, 4.69) is 0 Å². The summed E-state index contributed by atoms with van der Waals surface area (Å²) in [6, 6.07) is 0. The second kappa shape index (κ2) is 2.24. The minimum absolute atomic E-state index is 1.31. The van der Waals surface area contributed by atoms with E-state index in [9.17, 15) is 0 Å². The van der Waals surface area contributed by atoms with Crippen LogP contribution in [0.15, 0.2) is 0 Å². The molecule has 0 N–H and O–H groups in total. The van der Waals surface area contributed by atoms with Gasteiger partial charge in [0.15, 0.2) is 0 Å². The number of fused-ring (bicyclic) bond motifs is 2. The standard InChI is InChI=1S/C11H20/c1-11(2,3)10-8-5-4-6-9(10)7-8/h8-10H,4-7H2,1-3H3/i4D2,5D2,6D2,7D2,8D,9D,10D. The van der Waals surface area contributed by atoms with Gasteiger partial charge in [-0.25, -0.2) is 0 Å². The first-order valence-electron chi connectivity index (χ1n) is 9.25. The summed E-state index contributed by atoms with van der Waals surface area (Å²) < 4.78 is 89.2. The molecule has 0 aromatic carbocycles. The smallest absolute Gasteiger partial charge is 0.0314 e. The van der Waals surface area contributed by atoms with Crippen LogP contribution in [0.4, 0.5) is 0 Å². The van der Waals surface area contributed by atoms with Gasteiger partial charge >= 0.3 is 0 Å². The van der Waals surface area contributed by atoms with Crippen LogP contribution >= 0.6 is 0 Å². The maximum absolute atomic E-state index is 8.60. The highest BCUT2D eigenvalue weighted by Crippen LogP contribution is 2.57. The van der Waals surface area contributed by atoms with E-state index in [-0.39, 0.29) is 0 Å². The van der Waals surface area contributed by atoms with Gasteiger partial charge in [0.25, 0.3) is 0 Å². The fourth-order valence-corrected chi connectivity index (χ4v) is 1.41. The topological polar surface area (TPSA) is 0 Å². The van der Waals surface area contributed by atoms with Gasteiger partial charge in [0.05, 0.1) is 0 Å². The van der Waals surface area contributed by atoms with Crippen LogP contribution in [0.1, 0.15) is 61.3 Å². The van der Waals surface area contributed by atoms with Gasteiger partial charge in [0.2, 0.25) is 0 Å². The fraction of sp³-hybridized carbons (Fsp3) is 1.00. The lowest BCUT2D eigenvalue weighted by atomic mass is 9.50. The molecule has 0 saturated heterocycles. The normalized spacial score (nSPS) is 96.5. The monoisotopic (exact) mass is 163 g/mol. The summed E-state index contributed by atoms with van der Waals surface area (Å²) in [5, 5.41) is 0. The summed E-state index contributed by atoms with van der Waals surface area (Å²) in [5.41, 5.74) is -1.31. The van der Waals surface area contributed by atoms with E-state index in [0.29, 0.717) is 0 Å². The molecule has 0 radical (unpaired) electrons. The average Bonchev–Trinajstić information content (AvgIpc) is 2.31. The highest BCUT2D eigenvalue weighted by atomic mass is 14.5. The molecular weight excluding hydrogens is 132 g/mol. The second-order valence-corrected chi connectivity index (χ2v) is 3.88. The van der Waals surface area contributed by atoms with Crippen molar-refractivity contribution in [2.45, 2.75) is 46.3 Å². The molecule has 2 atom stereocenters. The van der Waals surface area contributed by atoms with E-state index in [1.54, 1.807) is 0 Å². The molecule has 3 saturated carbocycles. The van der Waals surface area contributed by atoms with Crippen molar-refractivity contribution in [3.63, 3.8) is 0 Å². The highest BCUT2D eigenvalue weighted by Gasteiger charge is 2.48. The largest absolute Gasteiger partial charge is 0.0599 e. The first-order valence-corrected chi connectivity index (χ1v) is 3.75. The molecule has 0 heteroatoms. The molecule has 2 unspecified atom stereocenters. The molecule has 11 heavy (non-hydrogen) atoms. The minimum atomic E-state index is -3.29. The Morgan fingerprint density at radius 2 is 1.82 bits per heavy atom. The number of rotatable bonds is 0. The fourth-order valence-electron chi connectivity index (χ4n) is 1.41. The molecule has 2 bridgehead atoms. The van der Waals surface area contributed by atoms with Crippen molar-refractivity contribution in [2.75, 3.05) is 0 Å².